The van der Waals surface area contributed by atoms with Crippen LogP contribution in [-0.2, 0) is 11.8 Å². The van der Waals surface area contributed by atoms with E-state index < -0.39 is 0 Å². The maximum Gasteiger partial charge on any atom is 0.348 e. The standard InChI is InChI=1S/C10H11NO2S/c1-6-4-7-5-8(10(12)13-3)14-9(7)11(6)2/h4-5H,1-3H3. The minimum absolute atomic E-state index is 0.260. The molecule has 0 unspecified atom stereocenters. The maximum atomic E-state index is 11.3. The summed E-state index contributed by atoms with van der Waals surface area (Å²) in [6.07, 6.45) is 0. The van der Waals surface area contributed by atoms with Gasteiger partial charge in [0.15, 0.2) is 0 Å². The van der Waals surface area contributed by atoms with Gasteiger partial charge < -0.3 is 9.30 Å². The van der Waals surface area contributed by atoms with Crippen LogP contribution in [0.1, 0.15) is 15.4 Å². The smallest absolute Gasteiger partial charge is 0.348 e. The first-order valence-electron chi connectivity index (χ1n) is 4.27. The molecule has 0 N–H and O–H groups in total. The number of thiophene rings is 1. The highest BCUT2D eigenvalue weighted by Crippen LogP contribution is 2.28. The molecule has 74 valence electrons. The van der Waals surface area contributed by atoms with Crippen molar-refractivity contribution in [3.05, 3.63) is 22.7 Å². The number of hydrogen-bond donors (Lipinski definition) is 0. The Bertz CT molecular complexity index is 495. The number of methoxy groups -OCH3 is 1. The molecule has 0 radical (unpaired) electrons. The molecular formula is C10H11NO2S. The minimum Gasteiger partial charge on any atom is -0.465 e. The summed E-state index contributed by atoms with van der Waals surface area (Å²) in [5.41, 5.74) is 1.20. The lowest BCUT2D eigenvalue weighted by molar-refractivity contribution is 0.0606. The molecule has 2 heterocycles. The van der Waals surface area contributed by atoms with Crippen molar-refractivity contribution in [2.75, 3.05) is 7.11 Å². The van der Waals surface area contributed by atoms with Crippen LogP contribution in [0.25, 0.3) is 10.2 Å². The Morgan fingerprint density at radius 2 is 2.21 bits per heavy atom. The van der Waals surface area contributed by atoms with Crippen LogP contribution in [0.3, 0.4) is 0 Å². The van der Waals surface area contributed by atoms with Crippen molar-refractivity contribution in [1.82, 2.24) is 4.57 Å². The Kier molecular flexibility index (Phi) is 2.07. The summed E-state index contributed by atoms with van der Waals surface area (Å²) < 4.78 is 6.74. The van der Waals surface area contributed by atoms with Crippen LogP contribution in [0.2, 0.25) is 0 Å². The molecule has 0 aromatic carbocycles. The van der Waals surface area contributed by atoms with Crippen molar-refractivity contribution in [2.24, 2.45) is 7.05 Å². The van der Waals surface area contributed by atoms with Crippen molar-refractivity contribution in [1.29, 1.82) is 0 Å². The number of carbonyl (C=O) groups excluding carboxylic acids is 1. The van der Waals surface area contributed by atoms with E-state index >= 15 is 0 Å². The van der Waals surface area contributed by atoms with Gasteiger partial charge in [0.2, 0.25) is 0 Å². The molecular weight excluding hydrogens is 198 g/mol. The zero-order chi connectivity index (χ0) is 10.3. The third-order valence-electron chi connectivity index (χ3n) is 2.32. The predicted octanol–water partition coefficient (Wildman–Crippen LogP) is 2.33. The van der Waals surface area contributed by atoms with Crippen LogP contribution in [0.15, 0.2) is 12.1 Å². The number of rotatable bonds is 1. The lowest BCUT2D eigenvalue weighted by atomic mass is 10.3. The summed E-state index contributed by atoms with van der Waals surface area (Å²) in [6, 6.07) is 3.94. The van der Waals surface area contributed by atoms with E-state index in [1.54, 1.807) is 0 Å². The highest BCUT2D eigenvalue weighted by molar-refractivity contribution is 7.20. The number of fused-ring (bicyclic) bond motifs is 1. The molecule has 0 aliphatic heterocycles. The summed E-state index contributed by atoms with van der Waals surface area (Å²) >= 11 is 1.47. The van der Waals surface area contributed by atoms with E-state index in [2.05, 4.69) is 15.4 Å². The third kappa shape index (κ3) is 1.23. The monoisotopic (exact) mass is 209 g/mol. The second kappa shape index (κ2) is 3.13. The van der Waals surface area contributed by atoms with Gasteiger partial charge in [-0.25, -0.2) is 4.79 Å². The zero-order valence-corrected chi connectivity index (χ0v) is 9.14. The van der Waals surface area contributed by atoms with Gasteiger partial charge in [0, 0.05) is 18.1 Å². The number of carbonyl (C=O) groups is 1. The molecule has 0 aliphatic carbocycles. The van der Waals surface area contributed by atoms with E-state index in [1.165, 1.54) is 24.1 Å². The first kappa shape index (κ1) is 9.27. The topological polar surface area (TPSA) is 31.2 Å². The first-order chi connectivity index (χ1) is 6.63. The Hall–Kier alpha value is -1.29. The summed E-state index contributed by atoms with van der Waals surface area (Å²) in [4.78, 5) is 13.0. The summed E-state index contributed by atoms with van der Waals surface area (Å²) in [5, 5.41) is 1.11. The number of aromatic nitrogens is 1. The van der Waals surface area contributed by atoms with E-state index in [9.17, 15) is 4.79 Å². The number of esters is 1. The summed E-state index contributed by atoms with van der Waals surface area (Å²) in [7, 11) is 3.40. The second-order valence-corrected chi connectivity index (χ2v) is 4.24. The molecule has 0 aliphatic rings. The molecule has 2 aromatic rings. The van der Waals surface area contributed by atoms with Crippen molar-refractivity contribution in [3.8, 4) is 0 Å². The Labute approximate surface area is 85.9 Å². The molecule has 0 fully saturated rings. The van der Waals surface area contributed by atoms with E-state index in [0.717, 1.165) is 10.2 Å². The molecule has 0 saturated carbocycles. The van der Waals surface area contributed by atoms with E-state index in [-0.39, 0.29) is 5.97 Å². The molecule has 14 heavy (non-hydrogen) atoms. The normalized spacial score (nSPS) is 10.8. The molecule has 0 amide bonds. The molecule has 4 heteroatoms. The molecule has 3 nitrogen and oxygen atoms in total. The van der Waals surface area contributed by atoms with Gasteiger partial charge in [-0.1, -0.05) is 0 Å². The lowest BCUT2D eigenvalue weighted by Gasteiger charge is -1.95. The van der Waals surface area contributed by atoms with Crippen LogP contribution < -0.4 is 0 Å². The Balaban J connectivity index is 2.59. The Morgan fingerprint density at radius 3 is 2.79 bits per heavy atom. The number of ether oxygens (including phenoxy) is 1. The van der Waals surface area contributed by atoms with Gasteiger partial charge in [-0.15, -0.1) is 11.3 Å². The predicted molar refractivity (Wildman–Crippen MR) is 56.9 cm³/mol. The quantitative estimate of drug-likeness (QED) is 0.675. The fourth-order valence-corrected chi connectivity index (χ4v) is 2.52. The number of nitrogens with zero attached hydrogens (tertiary/aromatic N) is 1. The van der Waals surface area contributed by atoms with Gasteiger partial charge >= 0.3 is 5.97 Å². The molecule has 2 aromatic heterocycles. The fraction of sp³-hybridized carbons (Fsp3) is 0.300. The van der Waals surface area contributed by atoms with Gasteiger partial charge in [-0.3, -0.25) is 0 Å². The molecule has 0 saturated heterocycles. The first-order valence-corrected chi connectivity index (χ1v) is 5.09. The van der Waals surface area contributed by atoms with Crippen LogP contribution in [0, 0.1) is 6.92 Å². The number of hydrogen-bond acceptors (Lipinski definition) is 3. The fourth-order valence-electron chi connectivity index (χ4n) is 1.44. The van der Waals surface area contributed by atoms with Crippen molar-refractivity contribution >= 4 is 27.5 Å². The minimum atomic E-state index is -0.260. The van der Waals surface area contributed by atoms with Crippen LogP contribution >= 0.6 is 11.3 Å². The Morgan fingerprint density at radius 1 is 1.50 bits per heavy atom. The summed E-state index contributed by atoms with van der Waals surface area (Å²) in [5.74, 6) is -0.260. The van der Waals surface area contributed by atoms with Gasteiger partial charge in [-0.2, -0.15) is 0 Å². The zero-order valence-electron chi connectivity index (χ0n) is 8.33. The SMILES string of the molecule is COC(=O)c1cc2cc(C)n(C)c2s1. The highest BCUT2D eigenvalue weighted by Gasteiger charge is 2.12. The van der Waals surface area contributed by atoms with Crippen LogP contribution in [0.4, 0.5) is 0 Å². The van der Waals surface area contributed by atoms with Crippen LogP contribution in [-0.4, -0.2) is 17.6 Å². The van der Waals surface area contributed by atoms with Gasteiger partial charge in [0.05, 0.1) is 7.11 Å². The average Bonchev–Trinajstić information content (AvgIpc) is 2.68. The third-order valence-corrected chi connectivity index (χ3v) is 3.53. The van der Waals surface area contributed by atoms with Crippen LogP contribution in [0.5, 0.6) is 0 Å². The van der Waals surface area contributed by atoms with E-state index in [1.807, 2.05) is 20.0 Å². The average molecular weight is 209 g/mol. The molecule has 0 spiro atoms. The largest absolute Gasteiger partial charge is 0.465 e. The van der Waals surface area contributed by atoms with Crippen molar-refractivity contribution < 1.29 is 9.53 Å². The van der Waals surface area contributed by atoms with Crippen molar-refractivity contribution in [2.45, 2.75) is 6.92 Å². The van der Waals surface area contributed by atoms with Gasteiger partial charge in [-0.05, 0) is 19.1 Å². The van der Waals surface area contributed by atoms with Gasteiger partial charge in [0.1, 0.15) is 9.71 Å². The van der Waals surface area contributed by atoms with E-state index in [0.29, 0.717) is 4.88 Å². The van der Waals surface area contributed by atoms with Gasteiger partial charge in [0.25, 0.3) is 0 Å². The molecule has 2 rings (SSSR count). The lowest BCUT2D eigenvalue weighted by Crippen LogP contribution is -1.97. The maximum absolute atomic E-state index is 11.3. The summed E-state index contributed by atoms with van der Waals surface area (Å²) in [6.45, 7) is 2.05. The highest BCUT2D eigenvalue weighted by atomic mass is 32.1. The second-order valence-electron chi connectivity index (χ2n) is 3.21. The van der Waals surface area contributed by atoms with E-state index in [4.69, 9.17) is 0 Å². The molecule has 0 bridgehead atoms. The van der Waals surface area contributed by atoms with Crippen molar-refractivity contribution in [3.63, 3.8) is 0 Å². The molecule has 0 atom stereocenters. The number of aryl methyl sites for hydroxylation is 2.